The highest BCUT2D eigenvalue weighted by Gasteiger charge is 2.29. The van der Waals surface area contributed by atoms with E-state index in [-0.39, 0.29) is 46.1 Å². The summed E-state index contributed by atoms with van der Waals surface area (Å²) in [7, 11) is -3.05. The Morgan fingerprint density at radius 2 is 2.22 bits per heavy atom. The first kappa shape index (κ1) is 19.6. The van der Waals surface area contributed by atoms with Crippen molar-refractivity contribution >= 4 is 27.5 Å². The number of para-hydroxylation sites is 1. The standard InChI is InChI=1S/C16H18FN3O5S2/c1-10(24-13-5-3-2-4-12(13)17)15-19-20-16(25-15)26-8-14(21)18-11-6-7-27(22,23)9-11/h2-5,10-11H,6-9H2,1H3,(H,18,21)/t10-,11+/m0/s1. The summed E-state index contributed by atoms with van der Waals surface area (Å²) in [5.74, 6) is -0.495. The first-order chi connectivity index (χ1) is 12.8. The predicted molar refractivity (Wildman–Crippen MR) is 95.7 cm³/mol. The van der Waals surface area contributed by atoms with Crippen LogP contribution in [-0.4, -0.2) is 47.8 Å². The summed E-state index contributed by atoms with van der Waals surface area (Å²) in [6, 6.07) is 5.63. The van der Waals surface area contributed by atoms with Crippen LogP contribution in [0.15, 0.2) is 33.9 Å². The van der Waals surface area contributed by atoms with E-state index in [1.807, 2.05) is 0 Å². The molecule has 1 saturated heterocycles. The van der Waals surface area contributed by atoms with Gasteiger partial charge in [-0.2, -0.15) is 0 Å². The fraction of sp³-hybridized carbons (Fsp3) is 0.438. The van der Waals surface area contributed by atoms with Crippen molar-refractivity contribution in [3.05, 3.63) is 36.0 Å². The number of thioether (sulfide) groups is 1. The molecule has 146 valence electrons. The molecule has 0 aliphatic carbocycles. The van der Waals surface area contributed by atoms with Crippen molar-refractivity contribution in [1.82, 2.24) is 15.5 Å². The zero-order chi connectivity index (χ0) is 19.4. The largest absolute Gasteiger partial charge is 0.478 e. The zero-order valence-electron chi connectivity index (χ0n) is 14.4. The van der Waals surface area contributed by atoms with Gasteiger partial charge in [0.1, 0.15) is 0 Å². The van der Waals surface area contributed by atoms with Gasteiger partial charge in [0.2, 0.25) is 5.91 Å². The van der Waals surface area contributed by atoms with Gasteiger partial charge in [-0.05, 0) is 25.5 Å². The second-order valence-corrected chi connectivity index (χ2v) is 9.21. The first-order valence-corrected chi connectivity index (χ1v) is 11.0. The molecule has 0 radical (unpaired) electrons. The number of carbonyl (C=O) groups excluding carboxylic acids is 1. The predicted octanol–water partition coefficient (Wildman–Crippen LogP) is 1.74. The SMILES string of the molecule is C[C@H](Oc1ccccc1F)c1nnc(SCC(=O)N[C@@H]2CCS(=O)(=O)C2)o1. The fourth-order valence-corrected chi connectivity index (χ4v) is 4.78. The Hall–Kier alpha value is -2.14. The summed E-state index contributed by atoms with van der Waals surface area (Å²) in [4.78, 5) is 11.9. The molecule has 0 unspecified atom stereocenters. The molecule has 0 spiro atoms. The summed E-state index contributed by atoms with van der Waals surface area (Å²) in [5, 5.41) is 10.5. The molecular weight excluding hydrogens is 397 g/mol. The van der Waals surface area contributed by atoms with Gasteiger partial charge in [0.15, 0.2) is 27.5 Å². The third-order valence-electron chi connectivity index (χ3n) is 3.83. The molecule has 1 fully saturated rings. The number of ether oxygens (including phenoxy) is 1. The van der Waals surface area contributed by atoms with Crippen LogP contribution in [0.1, 0.15) is 25.3 Å². The van der Waals surface area contributed by atoms with E-state index in [1.165, 1.54) is 12.1 Å². The quantitative estimate of drug-likeness (QED) is 0.681. The van der Waals surface area contributed by atoms with Gasteiger partial charge < -0.3 is 14.5 Å². The van der Waals surface area contributed by atoms with Crippen molar-refractivity contribution in [3.8, 4) is 5.75 Å². The van der Waals surface area contributed by atoms with Crippen molar-refractivity contribution in [2.45, 2.75) is 30.7 Å². The van der Waals surface area contributed by atoms with E-state index >= 15 is 0 Å². The van der Waals surface area contributed by atoms with Crippen molar-refractivity contribution in [1.29, 1.82) is 0 Å². The lowest BCUT2D eigenvalue weighted by atomic mass is 10.3. The third-order valence-corrected chi connectivity index (χ3v) is 6.42. The maximum atomic E-state index is 13.6. The number of benzene rings is 1. The second-order valence-electron chi connectivity index (χ2n) is 6.05. The summed E-state index contributed by atoms with van der Waals surface area (Å²) >= 11 is 1.03. The van der Waals surface area contributed by atoms with Gasteiger partial charge in [0.25, 0.3) is 11.1 Å². The van der Waals surface area contributed by atoms with E-state index in [9.17, 15) is 17.6 Å². The minimum absolute atomic E-state index is 0.0146. The van der Waals surface area contributed by atoms with Crippen LogP contribution in [0.4, 0.5) is 4.39 Å². The molecule has 8 nitrogen and oxygen atoms in total. The highest BCUT2D eigenvalue weighted by Crippen LogP contribution is 2.25. The summed E-state index contributed by atoms with van der Waals surface area (Å²) in [6.07, 6.45) is -0.241. The Balaban J connectivity index is 1.49. The van der Waals surface area contributed by atoms with Crippen molar-refractivity contribution in [3.63, 3.8) is 0 Å². The topological polar surface area (TPSA) is 111 Å². The van der Waals surface area contributed by atoms with Crippen LogP contribution in [0.25, 0.3) is 0 Å². The number of aromatic nitrogens is 2. The fourth-order valence-electron chi connectivity index (χ4n) is 2.53. The van der Waals surface area contributed by atoms with E-state index in [2.05, 4.69) is 15.5 Å². The van der Waals surface area contributed by atoms with E-state index in [4.69, 9.17) is 9.15 Å². The number of rotatable bonds is 7. The highest BCUT2D eigenvalue weighted by atomic mass is 32.2. The molecule has 1 aliphatic rings. The number of nitrogens with zero attached hydrogens (tertiary/aromatic N) is 2. The van der Waals surface area contributed by atoms with Crippen molar-refractivity contribution in [2.24, 2.45) is 0 Å². The number of amides is 1. The second kappa shape index (κ2) is 8.26. The average molecular weight is 415 g/mol. The Morgan fingerprint density at radius 1 is 1.44 bits per heavy atom. The summed E-state index contributed by atoms with van der Waals surface area (Å²) < 4.78 is 47.3. The summed E-state index contributed by atoms with van der Waals surface area (Å²) in [6.45, 7) is 1.64. The molecule has 11 heteroatoms. The molecule has 27 heavy (non-hydrogen) atoms. The normalized spacial score (nSPS) is 19.6. The number of carbonyl (C=O) groups is 1. The van der Waals surface area contributed by atoms with Gasteiger partial charge in [0.05, 0.1) is 17.3 Å². The monoisotopic (exact) mass is 415 g/mol. The van der Waals surface area contributed by atoms with Crippen LogP contribution in [0.5, 0.6) is 5.75 Å². The molecule has 3 rings (SSSR count). The minimum atomic E-state index is -3.05. The molecule has 1 aromatic heterocycles. The van der Waals surface area contributed by atoms with Crippen LogP contribution in [0, 0.1) is 5.82 Å². The lowest BCUT2D eigenvalue weighted by Crippen LogP contribution is -2.36. The van der Waals surface area contributed by atoms with E-state index in [0.717, 1.165) is 11.8 Å². The first-order valence-electron chi connectivity index (χ1n) is 8.19. The van der Waals surface area contributed by atoms with Gasteiger partial charge in [-0.15, -0.1) is 10.2 Å². The van der Waals surface area contributed by atoms with E-state index < -0.39 is 21.8 Å². The molecule has 2 aromatic rings. The van der Waals surface area contributed by atoms with Gasteiger partial charge in [-0.1, -0.05) is 23.9 Å². The van der Waals surface area contributed by atoms with Gasteiger partial charge in [-0.3, -0.25) is 4.79 Å². The maximum Gasteiger partial charge on any atom is 0.277 e. The zero-order valence-corrected chi connectivity index (χ0v) is 16.1. The van der Waals surface area contributed by atoms with Crippen LogP contribution in [0.2, 0.25) is 0 Å². The van der Waals surface area contributed by atoms with Crippen molar-refractivity contribution < 1.29 is 26.8 Å². The Morgan fingerprint density at radius 3 is 2.93 bits per heavy atom. The molecular formula is C16H18FN3O5S2. The Kier molecular flexibility index (Phi) is 6.00. The third kappa shape index (κ3) is 5.42. The number of hydrogen-bond donors (Lipinski definition) is 1. The molecule has 2 atom stereocenters. The van der Waals surface area contributed by atoms with E-state index in [1.54, 1.807) is 19.1 Å². The number of nitrogens with one attached hydrogen (secondary N) is 1. The molecule has 1 aliphatic heterocycles. The van der Waals surface area contributed by atoms with Gasteiger partial charge >= 0.3 is 0 Å². The Labute approximate surface area is 159 Å². The average Bonchev–Trinajstić information content (AvgIpc) is 3.21. The molecule has 0 saturated carbocycles. The van der Waals surface area contributed by atoms with Crippen LogP contribution < -0.4 is 10.1 Å². The maximum absolute atomic E-state index is 13.6. The van der Waals surface area contributed by atoms with Crippen LogP contribution >= 0.6 is 11.8 Å². The molecule has 1 amide bonds. The molecule has 0 bridgehead atoms. The number of halogens is 1. The molecule has 1 aromatic carbocycles. The van der Waals surface area contributed by atoms with Crippen LogP contribution in [0.3, 0.4) is 0 Å². The van der Waals surface area contributed by atoms with Gasteiger partial charge in [0, 0.05) is 6.04 Å². The number of hydrogen-bond acceptors (Lipinski definition) is 8. The number of sulfone groups is 1. The van der Waals surface area contributed by atoms with Gasteiger partial charge in [-0.25, -0.2) is 12.8 Å². The summed E-state index contributed by atoms with van der Waals surface area (Å²) in [5.41, 5.74) is 0. The molecule has 1 N–H and O–H groups in total. The minimum Gasteiger partial charge on any atom is -0.478 e. The van der Waals surface area contributed by atoms with Crippen LogP contribution in [-0.2, 0) is 14.6 Å². The smallest absolute Gasteiger partial charge is 0.277 e. The van der Waals surface area contributed by atoms with Crippen molar-refractivity contribution in [2.75, 3.05) is 17.3 Å². The lowest BCUT2D eigenvalue weighted by molar-refractivity contribution is -0.119. The van der Waals surface area contributed by atoms with E-state index in [0.29, 0.717) is 6.42 Å². The highest BCUT2D eigenvalue weighted by molar-refractivity contribution is 7.99. The molecule has 2 heterocycles. The lowest BCUT2D eigenvalue weighted by Gasteiger charge is -2.11. The Bertz CT molecular complexity index is 918.